The normalized spacial score (nSPS) is 14.9. The lowest BCUT2D eigenvalue weighted by molar-refractivity contribution is -0.126. The molecule has 0 radical (unpaired) electrons. The van der Waals surface area contributed by atoms with E-state index in [4.69, 9.17) is 4.52 Å². The maximum atomic E-state index is 13.5. The predicted octanol–water partition coefficient (Wildman–Crippen LogP) is 3.68. The first-order chi connectivity index (χ1) is 16.1. The minimum atomic E-state index is -0.684. The number of halogens is 1. The van der Waals surface area contributed by atoms with E-state index in [9.17, 15) is 14.0 Å². The number of nitrogens with zero attached hydrogens (tertiary/aromatic N) is 3. The van der Waals surface area contributed by atoms with Crippen LogP contribution in [0, 0.1) is 5.82 Å². The molecule has 3 heterocycles. The van der Waals surface area contributed by atoms with Crippen LogP contribution in [-0.2, 0) is 16.1 Å². The highest BCUT2D eigenvalue weighted by Gasteiger charge is 2.30. The number of hydrogen-bond acceptors (Lipinski definition) is 6. The number of aromatic nitrogens is 3. The van der Waals surface area contributed by atoms with Crippen molar-refractivity contribution in [2.24, 2.45) is 0 Å². The third-order valence-electron chi connectivity index (χ3n) is 5.38. The number of carbonyl (C=O) groups is 2. The number of pyridine rings is 1. The van der Waals surface area contributed by atoms with Gasteiger partial charge in [-0.05, 0) is 47.5 Å². The molecule has 0 fully saturated rings. The van der Waals surface area contributed by atoms with Gasteiger partial charge in [0.15, 0.2) is 0 Å². The van der Waals surface area contributed by atoms with Gasteiger partial charge in [-0.3, -0.25) is 14.6 Å². The van der Waals surface area contributed by atoms with Crippen LogP contribution in [-0.4, -0.2) is 26.9 Å². The number of carbonyl (C=O) groups excluding carboxylic acids is 2. The molecule has 0 unspecified atom stereocenters. The lowest BCUT2D eigenvalue weighted by Gasteiger charge is -2.25. The topological polar surface area (TPSA) is 110 Å². The standard InChI is InChI=1S/C24H18FN5O3/c25-17-4-5-18-19(12-21(31)28-20(18)11-17)23(32)27-13-14-2-1-3-16(10-14)24-29-22(30-33-24)15-6-8-26-9-7-15/h1-11,19H,12-13H2,(H,27,32)(H,28,31)/t19-/m0/s1. The van der Waals surface area contributed by atoms with Crippen molar-refractivity contribution < 1.29 is 18.5 Å². The number of hydrogen-bond donors (Lipinski definition) is 2. The predicted molar refractivity (Wildman–Crippen MR) is 117 cm³/mol. The van der Waals surface area contributed by atoms with Crippen molar-refractivity contribution in [3.05, 3.63) is 83.9 Å². The Hall–Kier alpha value is -4.40. The van der Waals surface area contributed by atoms with Crippen LogP contribution in [0.25, 0.3) is 22.8 Å². The second kappa shape index (κ2) is 8.62. The summed E-state index contributed by atoms with van der Waals surface area (Å²) in [6, 6.07) is 15.0. The average molecular weight is 443 g/mol. The van der Waals surface area contributed by atoms with Gasteiger partial charge < -0.3 is 15.2 Å². The van der Waals surface area contributed by atoms with Crippen LogP contribution in [0.15, 0.2) is 71.5 Å². The summed E-state index contributed by atoms with van der Waals surface area (Å²) in [4.78, 5) is 33.3. The molecule has 2 amide bonds. The van der Waals surface area contributed by atoms with Crippen LogP contribution in [0.2, 0.25) is 0 Å². The molecular formula is C24H18FN5O3. The molecule has 1 atom stereocenters. The summed E-state index contributed by atoms with van der Waals surface area (Å²) in [7, 11) is 0. The van der Waals surface area contributed by atoms with E-state index in [0.29, 0.717) is 28.5 Å². The molecule has 33 heavy (non-hydrogen) atoms. The zero-order valence-electron chi connectivity index (χ0n) is 17.3. The van der Waals surface area contributed by atoms with Gasteiger partial charge in [0.1, 0.15) is 5.82 Å². The fourth-order valence-electron chi connectivity index (χ4n) is 3.76. The number of amides is 2. The molecule has 4 aromatic rings. The number of fused-ring (bicyclic) bond motifs is 1. The molecule has 1 aliphatic rings. The van der Waals surface area contributed by atoms with Gasteiger partial charge in [-0.25, -0.2) is 4.39 Å². The molecule has 0 spiro atoms. The maximum absolute atomic E-state index is 13.5. The highest BCUT2D eigenvalue weighted by atomic mass is 19.1. The van der Waals surface area contributed by atoms with E-state index in [2.05, 4.69) is 25.8 Å². The van der Waals surface area contributed by atoms with Crippen molar-refractivity contribution in [2.75, 3.05) is 5.32 Å². The monoisotopic (exact) mass is 443 g/mol. The van der Waals surface area contributed by atoms with E-state index < -0.39 is 11.7 Å². The molecule has 164 valence electrons. The summed E-state index contributed by atoms with van der Waals surface area (Å²) >= 11 is 0. The van der Waals surface area contributed by atoms with Gasteiger partial charge in [0.25, 0.3) is 5.89 Å². The van der Waals surface area contributed by atoms with Gasteiger partial charge in [-0.2, -0.15) is 4.98 Å². The Bertz CT molecular complexity index is 1340. The summed E-state index contributed by atoms with van der Waals surface area (Å²) in [5.74, 6) is -0.972. The number of rotatable bonds is 5. The highest BCUT2D eigenvalue weighted by molar-refractivity contribution is 6.01. The SMILES string of the molecule is O=C1C[C@H](C(=O)NCc2cccc(-c3nc(-c4ccncc4)no3)c2)c2ccc(F)cc2N1. The summed E-state index contributed by atoms with van der Waals surface area (Å²) < 4.78 is 18.9. The second-order valence-corrected chi connectivity index (χ2v) is 7.61. The second-order valence-electron chi connectivity index (χ2n) is 7.61. The molecule has 0 saturated carbocycles. The van der Waals surface area contributed by atoms with Gasteiger partial charge >= 0.3 is 0 Å². The first-order valence-electron chi connectivity index (χ1n) is 10.3. The molecule has 0 saturated heterocycles. The zero-order chi connectivity index (χ0) is 22.8. The summed E-state index contributed by atoms with van der Waals surface area (Å²) in [6.07, 6.45) is 3.31. The molecule has 1 aliphatic heterocycles. The first kappa shape index (κ1) is 20.5. The van der Waals surface area contributed by atoms with Crippen LogP contribution in [0.1, 0.15) is 23.5 Å². The van der Waals surface area contributed by atoms with Crippen molar-refractivity contribution >= 4 is 17.5 Å². The Balaban J connectivity index is 1.30. The van der Waals surface area contributed by atoms with Gasteiger partial charge in [0.05, 0.1) is 5.92 Å². The molecule has 0 bridgehead atoms. The van der Waals surface area contributed by atoms with Gasteiger partial charge in [-0.15, -0.1) is 0 Å². The van der Waals surface area contributed by atoms with Crippen molar-refractivity contribution in [1.82, 2.24) is 20.4 Å². The zero-order valence-corrected chi connectivity index (χ0v) is 17.3. The van der Waals surface area contributed by atoms with E-state index in [1.807, 2.05) is 24.3 Å². The molecule has 2 N–H and O–H groups in total. The average Bonchev–Trinajstić information content (AvgIpc) is 3.33. The fourth-order valence-corrected chi connectivity index (χ4v) is 3.76. The molecule has 2 aromatic carbocycles. The van der Waals surface area contributed by atoms with E-state index in [1.54, 1.807) is 24.5 Å². The van der Waals surface area contributed by atoms with Crippen LogP contribution >= 0.6 is 0 Å². The Morgan fingerprint density at radius 3 is 2.82 bits per heavy atom. The van der Waals surface area contributed by atoms with E-state index in [-0.39, 0.29) is 24.8 Å². The molecule has 5 rings (SSSR count). The molecule has 8 nitrogen and oxygen atoms in total. The smallest absolute Gasteiger partial charge is 0.258 e. The maximum Gasteiger partial charge on any atom is 0.258 e. The minimum absolute atomic E-state index is 0.00424. The van der Waals surface area contributed by atoms with Crippen molar-refractivity contribution in [3.8, 4) is 22.8 Å². The molecule has 2 aromatic heterocycles. The lowest BCUT2D eigenvalue weighted by Crippen LogP contribution is -2.34. The molecule has 0 aliphatic carbocycles. The number of anilines is 1. The third-order valence-corrected chi connectivity index (χ3v) is 5.38. The Morgan fingerprint density at radius 2 is 1.97 bits per heavy atom. The van der Waals surface area contributed by atoms with Gasteiger partial charge in [-0.1, -0.05) is 23.4 Å². The molecule has 9 heteroatoms. The van der Waals surface area contributed by atoms with E-state index in [0.717, 1.165) is 11.1 Å². The highest BCUT2D eigenvalue weighted by Crippen LogP contribution is 2.33. The van der Waals surface area contributed by atoms with Gasteiger partial charge in [0.2, 0.25) is 17.6 Å². The van der Waals surface area contributed by atoms with E-state index >= 15 is 0 Å². The minimum Gasteiger partial charge on any atom is -0.351 e. The number of benzene rings is 2. The number of nitrogens with one attached hydrogen (secondary N) is 2. The summed E-state index contributed by atoms with van der Waals surface area (Å²) in [6.45, 7) is 0.243. The van der Waals surface area contributed by atoms with Crippen LogP contribution < -0.4 is 10.6 Å². The quantitative estimate of drug-likeness (QED) is 0.487. The van der Waals surface area contributed by atoms with Crippen molar-refractivity contribution in [2.45, 2.75) is 18.9 Å². The van der Waals surface area contributed by atoms with Crippen LogP contribution in [0.4, 0.5) is 10.1 Å². The largest absolute Gasteiger partial charge is 0.351 e. The van der Waals surface area contributed by atoms with Crippen molar-refractivity contribution in [1.29, 1.82) is 0 Å². The van der Waals surface area contributed by atoms with Crippen molar-refractivity contribution in [3.63, 3.8) is 0 Å². The summed E-state index contributed by atoms with van der Waals surface area (Å²) in [5, 5.41) is 9.50. The lowest BCUT2D eigenvalue weighted by atomic mass is 9.89. The fraction of sp³-hybridized carbons (Fsp3) is 0.125. The Labute approximate surface area is 187 Å². The Morgan fingerprint density at radius 1 is 1.12 bits per heavy atom. The van der Waals surface area contributed by atoms with Crippen LogP contribution in [0.5, 0.6) is 0 Å². The molecular weight excluding hydrogens is 425 g/mol. The summed E-state index contributed by atoms with van der Waals surface area (Å²) in [5.41, 5.74) is 3.25. The van der Waals surface area contributed by atoms with E-state index in [1.165, 1.54) is 18.2 Å². The van der Waals surface area contributed by atoms with Crippen LogP contribution in [0.3, 0.4) is 0 Å². The first-order valence-corrected chi connectivity index (χ1v) is 10.3. The Kier molecular flexibility index (Phi) is 5.35. The van der Waals surface area contributed by atoms with Gasteiger partial charge in [0, 0.05) is 42.2 Å². The third kappa shape index (κ3) is 4.33.